The smallest absolute Gasteiger partial charge is 0.330 e. The standard InChI is InChI=1S/C12H19N5O2/c1-2-3-7-17-10-9(11(18)16-12(17)19)14-8(15-10)5-4-6-13/h2-7,13H2,1H3,(H,14,15)(H,16,18,19). The van der Waals surface area contributed by atoms with Crippen LogP contribution in [0, 0.1) is 0 Å². The number of aromatic nitrogens is 4. The first-order valence-corrected chi connectivity index (χ1v) is 6.59. The number of hydrogen-bond donors (Lipinski definition) is 3. The summed E-state index contributed by atoms with van der Waals surface area (Å²) in [5, 5.41) is 0. The van der Waals surface area contributed by atoms with Crippen molar-refractivity contribution < 1.29 is 0 Å². The quantitative estimate of drug-likeness (QED) is 0.688. The molecule has 0 aliphatic carbocycles. The highest BCUT2D eigenvalue weighted by Gasteiger charge is 2.12. The van der Waals surface area contributed by atoms with Gasteiger partial charge in [0.15, 0.2) is 5.65 Å². The van der Waals surface area contributed by atoms with E-state index in [1.165, 1.54) is 4.57 Å². The second-order valence-corrected chi connectivity index (χ2v) is 4.54. The third-order valence-electron chi connectivity index (χ3n) is 3.04. The van der Waals surface area contributed by atoms with Crippen molar-refractivity contribution in [3.63, 3.8) is 0 Å². The zero-order valence-electron chi connectivity index (χ0n) is 11.0. The van der Waals surface area contributed by atoms with Gasteiger partial charge in [-0.1, -0.05) is 13.3 Å². The van der Waals surface area contributed by atoms with Crippen molar-refractivity contribution in [1.82, 2.24) is 19.5 Å². The van der Waals surface area contributed by atoms with Crippen LogP contribution in [0.1, 0.15) is 32.0 Å². The monoisotopic (exact) mass is 265 g/mol. The average Bonchev–Trinajstić information content (AvgIpc) is 2.80. The van der Waals surface area contributed by atoms with E-state index in [1.807, 2.05) is 6.92 Å². The molecular weight excluding hydrogens is 246 g/mol. The van der Waals surface area contributed by atoms with Crippen LogP contribution in [0.4, 0.5) is 0 Å². The fourth-order valence-electron chi connectivity index (χ4n) is 2.00. The normalized spacial score (nSPS) is 11.3. The molecule has 2 aromatic rings. The molecule has 0 spiro atoms. The molecule has 7 heteroatoms. The van der Waals surface area contributed by atoms with Crippen molar-refractivity contribution in [2.45, 2.75) is 39.2 Å². The topological polar surface area (TPSA) is 110 Å². The van der Waals surface area contributed by atoms with E-state index in [-0.39, 0.29) is 0 Å². The molecule has 0 saturated carbocycles. The van der Waals surface area contributed by atoms with Gasteiger partial charge in [-0.3, -0.25) is 14.3 Å². The summed E-state index contributed by atoms with van der Waals surface area (Å²) in [5.41, 5.74) is 5.44. The van der Waals surface area contributed by atoms with Crippen molar-refractivity contribution in [2.24, 2.45) is 5.73 Å². The van der Waals surface area contributed by atoms with Crippen LogP contribution in [0.25, 0.3) is 11.2 Å². The predicted octanol–water partition coefficient (Wildman–Crippen LogP) is 0.104. The summed E-state index contributed by atoms with van der Waals surface area (Å²) in [4.78, 5) is 33.2. The molecule has 0 unspecified atom stereocenters. The van der Waals surface area contributed by atoms with E-state index >= 15 is 0 Å². The molecule has 0 aliphatic heterocycles. The first kappa shape index (κ1) is 13.5. The summed E-state index contributed by atoms with van der Waals surface area (Å²) >= 11 is 0. The lowest BCUT2D eigenvalue weighted by Crippen LogP contribution is -2.30. The lowest BCUT2D eigenvalue weighted by molar-refractivity contribution is 0.613. The van der Waals surface area contributed by atoms with Gasteiger partial charge in [0.1, 0.15) is 11.3 Å². The SMILES string of the molecule is CCCCn1c(=O)[nH]c(=O)c2[nH]c(CCCN)nc21. The molecule has 19 heavy (non-hydrogen) atoms. The van der Waals surface area contributed by atoms with Crippen molar-refractivity contribution in [2.75, 3.05) is 6.54 Å². The minimum absolute atomic E-state index is 0.364. The van der Waals surface area contributed by atoms with Gasteiger partial charge >= 0.3 is 5.69 Å². The van der Waals surface area contributed by atoms with E-state index in [2.05, 4.69) is 15.0 Å². The minimum Gasteiger partial charge on any atom is -0.336 e. The summed E-state index contributed by atoms with van der Waals surface area (Å²) in [6.45, 7) is 3.17. The van der Waals surface area contributed by atoms with Crippen molar-refractivity contribution in [3.8, 4) is 0 Å². The van der Waals surface area contributed by atoms with Crippen LogP contribution in [0.3, 0.4) is 0 Å². The van der Waals surface area contributed by atoms with Crippen LogP contribution in [-0.2, 0) is 13.0 Å². The first-order valence-electron chi connectivity index (χ1n) is 6.59. The van der Waals surface area contributed by atoms with E-state index in [4.69, 9.17) is 5.73 Å². The number of imidazole rings is 1. The van der Waals surface area contributed by atoms with Gasteiger partial charge in [0.25, 0.3) is 5.56 Å². The number of rotatable bonds is 6. The summed E-state index contributed by atoms with van der Waals surface area (Å²) < 4.78 is 1.52. The number of nitrogens with two attached hydrogens (primary N) is 1. The Bertz CT molecular complexity index is 667. The highest BCUT2D eigenvalue weighted by molar-refractivity contribution is 5.69. The Labute approximate surface area is 109 Å². The van der Waals surface area contributed by atoms with Gasteiger partial charge < -0.3 is 10.7 Å². The largest absolute Gasteiger partial charge is 0.336 e. The van der Waals surface area contributed by atoms with Gasteiger partial charge in [0.2, 0.25) is 0 Å². The molecule has 2 heterocycles. The van der Waals surface area contributed by atoms with Gasteiger partial charge in [-0.05, 0) is 19.4 Å². The summed E-state index contributed by atoms with van der Waals surface area (Å²) in [6.07, 6.45) is 3.30. The van der Waals surface area contributed by atoms with Crippen molar-refractivity contribution in [1.29, 1.82) is 0 Å². The maximum Gasteiger partial charge on any atom is 0.330 e. The Morgan fingerprint density at radius 2 is 2.05 bits per heavy atom. The molecule has 2 rings (SSSR count). The van der Waals surface area contributed by atoms with E-state index in [0.717, 1.165) is 19.3 Å². The fourth-order valence-corrected chi connectivity index (χ4v) is 2.00. The number of unbranched alkanes of at least 4 members (excludes halogenated alkanes) is 1. The molecular formula is C12H19N5O2. The third kappa shape index (κ3) is 2.76. The third-order valence-corrected chi connectivity index (χ3v) is 3.04. The highest BCUT2D eigenvalue weighted by atomic mass is 16.2. The summed E-state index contributed by atoms with van der Waals surface area (Å²) in [7, 11) is 0. The van der Waals surface area contributed by atoms with Crippen LogP contribution in [0.15, 0.2) is 9.59 Å². The molecule has 7 nitrogen and oxygen atoms in total. The van der Waals surface area contributed by atoms with Crippen LogP contribution >= 0.6 is 0 Å². The second kappa shape index (κ2) is 5.83. The highest BCUT2D eigenvalue weighted by Crippen LogP contribution is 2.07. The van der Waals surface area contributed by atoms with E-state index in [1.54, 1.807) is 0 Å². The maximum atomic E-state index is 11.8. The molecule has 0 atom stereocenters. The first-order chi connectivity index (χ1) is 9.17. The molecule has 104 valence electrons. The lowest BCUT2D eigenvalue weighted by Gasteiger charge is -2.03. The number of nitrogens with zero attached hydrogens (tertiary/aromatic N) is 2. The van der Waals surface area contributed by atoms with Crippen LogP contribution in [-0.4, -0.2) is 26.1 Å². The average molecular weight is 265 g/mol. The lowest BCUT2D eigenvalue weighted by atomic mass is 10.3. The summed E-state index contributed by atoms with van der Waals surface area (Å²) in [6, 6.07) is 0. The molecule has 0 aliphatic rings. The number of fused-ring (bicyclic) bond motifs is 1. The number of aromatic amines is 2. The molecule has 0 aromatic carbocycles. The van der Waals surface area contributed by atoms with E-state index in [0.29, 0.717) is 36.5 Å². The van der Waals surface area contributed by atoms with Crippen LogP contribution < -0.4 is 17.0 Å². The number of nitrogens with one attached hydrogen (secondary N) is 2. The summed E-state index contributed by atoms with van der Waals surface area (Å²) in [5.74, 6) is 0.696. The van der Waals surface area contributed by atoms with Gasteiger partial charge in [0, 0.05) is 13.0 Å². The van der Waals surface area contributed by atoms with E-state index < -0.39 is 11.2 Å². The molecule has 4 N–H and O–H groups in total. The Hall–Kier alpha value is -1.89. The molecule has 0 amide bonds. The van der Waals surface area contributed by atoms with Gasteiger partial charge in [0.05, 0.1) is 0 Å². The Morgan fingerprint density at radius 3 is 2.74 bits per heavy atom. The number of H-pyrrole nitrogens is 2. The molecule has 0 saturated heterocycles. The van der Waals surface area contributed by atoms with Gasteiger partial charge in [-0.2, -0.15) is 0 Å². The molecule has 0 fully saturated rings. The van der Waals surface area contributed by atoms with Gasteiger partial charge in [-0.25, -0.2) is 9.78 Å². The molecule has 0 radical (unpaired) electrons. The zero-order valence-corrected chi connectivity index (χ0v) is 11.0. The Kier molecular flexibility index (Phi) is 4.16. The zero-order chi connectivity index (χ0) is 13.8. The minimum atomic E-state index is -0.417. The maximum absolute atomic E-state index is 11.8. The van der Waals surface area contributed by atoms with Gasteiger partial charge in [-0.15, -0.1) is 0 Å². The number of hydrogen-bond acceptors (Lipinski definition) is 4. The van der Waals surface area contributed by atoms with Crippen molar-refractivity contribution >= 4 is 11.2 Å². The molecule has 2 aromatic heterocycles. The second-order valence-electron chi connectivity index (χ2n) is 4.54. The van der Waals surface area contributed by atoms with Crippen molar-refractivity contribution in [3.05, 3.63) is 26.7 Å². The number of aryl methyl sites for hydroxylation is 2. The van der Waals surface area contributed by atoms with Crippen LogP contribution in [0.2, 0.25) is 0 Å². The predicted molar refractivity (Wildman–Crippen MR) is 73.3 cm³/mol. The Morgan fingerprint density at radius 1 is 1.26 bits per heavy atom. The molecule has 0 bridgehead atoms. The Balaban J connectivity index is 2.51. The fraction of sp³-hybridized carbons (Fsp3) is 0.583. The van der Waals surface area contributed by atoms with E-state index in [9.17, 15) is 9.59 Å². The van der Waals surface area contributed by atoms with Crippen LogP contribution in [0.5, 0.6) is 0 Å².